The predicted octanol–water partition coefficient (Wildman–Crippen LogP) is 4.76. The molecule has 0 aromatic heterocycles. The van der Waals surface area contributed by atoms with E-state index >= 15 is 0 Å². The first-order chi connectivity index (χ1) is 11.7. The van der Waals surface area contributed by atoms with Gasteiger partial charge in [0.2, 0.25) is 10.0 Å². The maximum atomic E-state index is 13.0. The highest BCUT2D eigenvalue weighted by atomic mass is 32.2. The van der Waals surface area contributed by atoms with Gasteiger partial charge in [-0.15, -0.1) is 0 Å². The summed E-state index contributed by atoms with van der Waals surface area (Å²) >= 11 is 0. The molecule has 3 rings (SSSR count). The first-order valence-corrected chi connectivity index (χ1v) is 14.1. The van der Waals surface area contributed by atoms with Crippen molar-refractivity contribution in [1.82, 2.24) is 4.31 Å². The zero-order valence-corrected chi connectivity index (χ0v) is 17.3. The van der Waals surface area contributed by atoms with Crippen LogP contribution < -0.4 is 0 Å². The minimum atomic E-state index is -3.26. The molecule has 134 valence electrons. The molecule has 3 atom stereocenters. The van der Waals surface area contributed by atoms with Gasteiger partial charge in [-0.1, -0.05) is 79.8 Å². The van der Waals surface area contributed by atoms with Crippen molar-refractivity contribution >= 4 is 18.1 Å². The largest absolute Gasteiger partial charge is 0.215 e. The van der Waals surface area contributed by atoms with Gasteiger partial charge >= 0.3 is 0 Å². The Bertz CT molecular complexity index is 826. The van der Waals surface area contributed by atoms with Gasteiger partial charge in [-0.25, -0.2) is 8.42 Å². The minimum Gasteiger partial charge on any atom is -0.212 e. The van der Waals surface area contributed by atoms with E-state index in [1.807, 2.05) is 37.3 Å². The molecule has 3 unspecified atom stereocenters. The Morgan fingerprint density at radius 3 is 1.92 bits per heavy atom. The fourth-order valence-corrected chi connectivity index (χ4v) is 7.97. The van der Waals surface area contributed by atoms with Crippen LogP contribution in [0, 0.1) is 6.92 Å². The van der Waals surface area contributed by atoms with E-state index in [1.54, 1.807) is 4.31 Å². The molecule has 0 amide bonds. The van der Waals surface area contributed by atoms with Crippen LogP contribution in [0.4, 0.5) is 0 Å². The summed E-state index contributed by atoms with van der Waals surface area (Å²) in [6.07, 6.45) is 0. The van der Waals surface area contributed by atoms with E-state index < -0.39 is 18.1 Å². The number of sulfonamides is 1. The van der Waals surface area contributed by atoms with Crippen LogP contribution in [0.5, 0.6) is 0 Å². The summed E-state index contributed by atoms with van der Waals surface area (Å²) in [5.74, 6) is 0.258. The van der Waals surface area contributed by atoms with Crippen molar-refractivity contribution in [3.8, 4) is 0 Å². The van der Waals surface area contributed by atoms with E-state index in [1.165, 1.54) is 5.56 Å². The monoisotopic (exact) mass is 373 g/mol. The second-order valence-electron chi connectivity index (χ2n) is 8.17. The summed E-state index contributed by atoms with van der Waals surface area (Å²) in [4.78, 5) is 0. The Kier molecular flexibility index (Phi) is 4.92. The van der Waals surface area contributed by atoms with Crippen LogP contribution in [0.25, 0.3) is 0 Å². The molecular formula is C20H27NO2SSi. The lowest BCUT2D eigenvalue weighted by molar-refractivity contribution is 0.548. The molecule has 2 aromatic rings. The van der Waals surface area contributed by atoms with Crippen LogP contribution in [0.1, 0.15) is 28.8 Å². The Morgan fingerprint density at radius 1 is 0.880 bits per heavy atom. The fourth-order valence-electron chi connectivity index (χ4n) is 3.17. The Morgan fingerprint density at radius 2 is 1.40 bits per heavy atom. The van der Waals surface area contributed by atoms with Crippen LogP contribution in [-0.2, 0) is 10.0 Å². The van der Waals surface area contributed by atoms with E-state index in [0.29, 0.717) is 0 Å². The SMILES string of the molecule is Cc1ccc(C2C(c3ccccc3)N2S(=O)(=O)CC[Si](C)(C)C)cc1. The average Bonchev–Trinajstić information content (AvgIpc) is 3.31. The van der Waals surface area contributed by atoms with Gasteiger partial charge in [0.05, 0.1) is 17.8 Å². The maximum Gasteiger partial charge on any atom is 0.215 e. The Labute approximate surface area is 152 Å². The van der Waals surface area contributed by atoms with Crippen molar-refractivity contribution in [2.24, 2.45) is 0 Å². The third kappa shape index (κ3) is 4.22. The van der Waals surface area contributed by atoms with Gasteiger partial charge in [0.25, 0.3) is 0 Å². The highest BCUT2D eigenvalue weighted by Gasteiger charge is 2.56. The molecule has 1 fully saturated rings. The molecule has 0 saturated carbocycles. The second-order valence-corrected chi connectivity index (χ2v) is 15.8. The van der Waals surface area contributed by atoms with Gasteiger partial charge in [-0.2, -0.15) is 4.31 Å². The van der Waals surface area contributed by atoms with Gasteiger partial charge in [0.1, 0.15) is 0 Å². The smallest absolute Gasteiger partial charge is 0.212 e. The maximum absolute atomic E-state index is 13.0. The molecule has 1 saturated heterocycles. The zero-order valence-electron chi connectivity index (χ0n) is 15.4. The van der Waals surface area contributed by atoms with Gasteiger partial charge in [-0.05, 0) is 24.1 Å². The molecule has 0 aliphatic carbocycles. The molecule has 0 N–H and O–H groups in total. The standard InChI is InChI=1S/C20H27NO2SSi/c1-16-10-12-18(13-11-16)20-19(17-8-6-5-7-9-17)21(20)24(22,23)14-15-25(2,3)4/h5-13,19-20H,14-15H2,1-4H3. The topological polar surface area (TPSA) is 37.1 Å². The van der Waals surface area contributed by atoms with Crippen LogP contribution in [-0.4, -0.2) is 26.5 Å². The molecule has 1 aliphatic rings. The highest BCUT2D eigenvalue weighted by molar-refractivity contribution is 7.89. The van der Waals surface area contributed by atoms with E-state index in [-0.39, 0.29) is 17.8 Å². The van der Waals surface area contributed by atoms with Crippen LogP contribution >= 0.6 is 0 Å². The van der Waals surface area contributed by atoms with Crippen LogP contribution in [0.3, 0.4) is 0 Å². The number of benzene rings is 2. The molecule has 0 radical (unpaired) electrons. The molecule has 0 bridgehead atoms. The number of nitrogens with zero attached hydrogens (tertiary/aromatic N) is 1. The first-order valence-electron chi connectivity index (χ1n) is 8.82. The highest BCUT2D eigenvalue weighted by Crippen LogP contribution is 2.56. The summed E-state index contributed by atoms with van der Waals surface area (Å²) in [7, 11) is -4.66. The molecule has 2 aromatic carbocycles. The molecule has 1 heterocycles. The summed E-state index contributed by atoms with van der Waals surface area (Å²) in [6, 6.07) is 18.9. The zero-order chi connectivity index (χ0) is 18.2. The molecule has 1 aliphatic heterocycles. The minimum absolute atomic E-state index is 0.0736. The van der Waals surface area contributed by atoms with E-state index in [2.05, 4.69) is 43.9 Å². The normalized spacial score (nSPS) is 23.4. The lowest BCUT2D eigenvalue weighted by Gasteiger charge is -2.16. The number of rotatable bonds is 6. The number of hydrogen-bond donors (Lipinski definition) is 0. The summed E-state index contributed by atoms with van der Waals surface area (Å²) in [6.45, 7) is 8.71. The Hall–Kier alpha value is -1.43. The average molecular weight is 374 g/mol. The van der Waals surface area contributed by atoms with Crippen molar-refractivity contribution < 1.29 is 8.42 Å². The molecule has 3 nitrogen and oxygen atoms in total. The van der Waals surface area contributed by atoms with Crippen LogP contribution in [0.2, 0.25) is 25.7 Å². The van der Waals surface area contributed by atoms with Crippen molar-refractivity contribution in [2.75, 3.05) is 5.75 Å². The van der Waals surface area contributed by atoms with Crippen molar-refractivity contribution in [3.63, 3.8) is 0 Å². The summed E-state index contributed by atoms with van der Waals surface area (Å²) in [5.41, 5.74) is 3.34. The summed E-state index contributed by atoms with van der Waals surface area (Å²) in [5, 5.41) is 0. The van der Waals surface area contributed by atoms with Crippen molar-refractivity contribution in [3.05, 3.63) is 71.3 Å². The van der Waals surface area contributed by atoms with E-state index in [4.69, 9.17) is 0 Å². The fraction of sp³-hybridized carbons (Fsp3) is 0.400. The molecule has 0 spiro atoms. The predicted molar refractivity (Wildman–Crippen MR) is 107 cm³/mol. The molecular weight excluding hydrogens is 346 g/mol. The second kappa shape index (κ2) is 6.70. The number of aryl methyl sites for hydroxylation is 1. The van der Waals surface area contributed by atoms with Gasteiger partial charge in [-0.3, -0.25) is 0 Å². The van der Waals surface area contributed by atoms with Gasteiger partial charge < -0.3 is 0 Å². The summed E-state index contributed by atoms with van der Waals surface area (Å²) < 4.78 is 27.8. The lowest BCUT2D eigenvalue weighted by Crippen LogP contribution is -2.27. The van der Waals surface area contributed by atoms with E-state index in [0.717, 1.165) is 17.2 Å². The lowest BCUT2D eigenvalue weighted by atomic mass is 10.0. The number of hydrogen-bond acceptors (Lipinski definition) is 2. The van der Waals surface area contributed by atoms with Gasteiger partial charge in [0.15, 0.2) is 0 Å². The Balaban J connectivity index is 1.90. The van der Waals surface area contributed by atoms with Crippen molar-refractivity contribution in [1.29, 1.82) is 0 Å². The van der Waals surface area contributed by atoms with Crippen LogP contribution in [0.15, 0.2) is 54.6 Å². The molecule has 5 heteroatoms. The third-order valence-electron chi connectivity index (χ3n) is 4.75. The van der Waals surface area contributed by atoms with Gasteiger partial charge in [0, 0.05) is 8.07 Å². The third-order valence-corrected chi connectivity index (χ3v) is 8.68. The van der Waals surface area contributed by atoms with Crippen molar-refractivity contribution in [2.45, 2.75) is 44.7 Å². The van der Waals surface area contributed by atoms with E-state index in [9.17, 15) is 8.42 Å². The molecule has 25 heavy (non-hydrogen) atoms. The quantitative estimate of drug-likeness (QED) is 0.541. The first kappa shape index (κ1) is 18.4.